The van der Waals surface area contributed by atoms with Crippen molar-refractivity contribution in [3.8, 4) is 0 Å². The van der Waals surface area contributed by atoms with Crippen molar-refractivity contribution in [2.45, 2.75) is 51.5 Å². The van der Waals surface area contributed by atoms with Crippen LogP contribution in [0.3, 0.4) is 0 Å². The van der Waals surface area contributed by atoms with Gasteiger partial charge in [0, 0.05) is 25.2 Å². The van der Waals surface area contributed by atoms with Gasteiger partial charge < -0.3 is 10.2 Å². The van der Waals surface area contributed by atoms with Crippen LogP contribution in [0.4, 0.5) is 5.69 Å². The molecule has 164 valence electrons. The summed E-state index contributed by atoms with van der Waals surface area (Å²) in [7, 11) is 0. The minimum absolute atomic E-state index is 0.00896. The summed E-state index contributed by atoms with van der Waals surface area (Å²) >= 11 is 0. The summed E-state index contributed by atoms with van der Waals surface area (Å²) in [4.78, 5) is 30.4. The first-order valence-electron chi connectivity index (χ1n) is 11.7. The predicted molar refractivity (Wildman–Crippen MR) is 124 cm³/mol. The number of likely N-dealkylation sites (tertiary alicyclic amines) is 2. The van der Waals surface area contributed by atoms with Crippen molar-refractivity contribution < 1.29 is 9.59 Å². The molecule has 0 saturated carbocycles. The predicted octanol–water partition coefficient (Wildman–Crippen LogP) is 4.94. The van der Waals surface area contributed by atoms with Crippen LogP contribution in [0, 0.1) is 0 Å². The number of para-hydroxylation sites is 1. The molecule has 0 aromatic heterocycles. The van der Waals surface area contributed by atoms with Gasteiger partial charge in [-0.2, -0.15) is 0 Å². The van der Waals surface area contributed by atoms with E-state index in [1.807, 2.05) is 53.4 Å². The van der Waals surface area contributed by atoms with E-state index in [4.69, 9.17) is 0 Å². The molecule has 1 N–H and O–H groups in total. The normalized spacial score (nSPS) is 17.7. The summed E-state index contributed by atoms with van der Waals surface area (Å²) in [6.07, 6.45) is 8.32. The fourth-order valence-electron chi connectivity index (χ4n) is 4.55. The zero-order chi connectivity index (χ0) is 21.5. The van der Waals surface area contributed by atoms with Gasteiger partial charge in [-0.25, -0.2) is 0 Å². The van der Waals surface area contributed by atoms with Crippen molar-refractivity contribution in [2.24, 2.45) is 0 Å². The maximum absolute atomic E-state index is 13.1. The third kappa shape index (κ3) is 5.73. The third-order valence-corrected chi connectivity index (χ3v) is 6.37. The molecule has 0 aliphatic carbocycles. The first-order valence-corrected chi connectivity index (χ1v) is 11.7. The number of hydrogen-bond acceptors (Lipinski definition) is 3. The van der Waals surface area contributed by atoms with E-state index in [0.717, 1.165) is 45.6 Å². The van der Waals surface area contributed by atoms with Crippen LogP contribution in [-0.4, -0.2) is 47.8 Å². The summed E-state index contributed by atoms with van der Waals surface area (Å²) in [6.45, 7) is 4.84. The molecule has 0 bridgehead atoms. The van der Waals surface area contributed by atoms with Gasteiger partial charge >= 0.3 is 0 Å². The van der Waals surface area contributed by atoms with E-state index in [-0.39, 0.29) is 11.8 Å². The number of rotatable bonds is 5. The van der Waals surface area contributed by atoms with Crippen molar-refractivity contribution >= 4 is 17.5 Å². The Hall–Kier alpha value is -2.66. The van der Waals surface area contributed by atoms with Gasteiger partial charge in [-0.3, -0.25) is 14.5 Å². The number of nitrogens with zero attached hydrogens (tertiary/aromatic N) is 2. The molecule has 31 heavy (non-hydrogen) atoms. The summed E-state index contributed by atoms with van der Waals surface area (Å²) in [5.41, 5.74) is 2.99. The number of piperidine rings is 1. The van der Waals surface area contributed by atoms with Crippen LogP contribution < -0.4 is 5.32 Å². The molecule has 0 spiro atoms. The average molecular weight is 420 g/mol. The SMILES string of the molecule is O=C(Nc1ccccc1C(=O)N1CCCCCC1)c1ccc(CN2CCCCC2)cc1. The minimum Gasteiger partial charge on any atom is -0.339 e. The van der Waals surface area contributed by atoms with E-state index in [1.165, 1.54) is 37.7 Å². The molecule has 2 aliphatic heterocycles. The lowest BCUT2D eigenvalue weighted by molar-refractivity contribution is 0.0762. The minimum atomic E-state index is -0.180. The van der Waals surface area contributed by atoms with Gasteiger partial charge in [-0.1, -0.05) is 43.5 Å². The molecule has 2 fully saturated rings. The van der Waals surface area contributed by atoms with Crippen molar-refractivity contribution in [1.29, 1.82) is 0 Å². The number of nitrogens with one attached hydrogen (secondary N) is 1. The molecular weight excluding hydrogens is 386 g/mol. The van der Waals surface area contributed by atoms with Crippen molar-refractivity contribution in [3.05, 3.63) is 65.2 Å². The molecule has 2 aromatic rings. The molecule has 0 atom stereocenters. The van der Waals surface area contributed by atoms with Crippen LogP contribution in [0.15, 0.2) is 48.5 Å². The van der Waals surface area contributed by atoms with E-state index in [0.29, 0.717) is 16.8 Å². The molecule has 0 unspecified atom stereocenters. The highest BCUT2D eigenvalue weighted by Crippen LogP contribution is 2.21. The molecule has 2 heterocycles. The monoisotopic (exact) mass is 419 g/mol. The van der Waals surface area contributed by atoms with Gasteiger partial charge in [-0.15, -0.1) is 0 Å². The highest BCUT2D eigenvalue weighted by Gasteiger charge is 2.21. The maximum Gasteiger partial charge on any atom is 0.255 e. The number of amides is 2. The van der Waals surface area contributed by atoms with E-state index in [9.17, 15) is 9.59 Å². The van der Waals surface area contributed by atoms with Crippen LogP contribution in [0.5, 0.6) is 0 Å². The second-order valence-corrected chi connectivity index (χ2v) is 8.74. The van der Waals surface area contributed by atoms with E-state index >= 15 is 0 Å². The Morgan fingerprint density at radius 3 is 2.06 bits per heavy atom. The molecule has 2 amide bonds. The Bertz CT molecular complexity index is 880. The Morgan fingerprint density at radius 2 is 1.35 bits per heavy atom. The lowest BCUT2D eigenvalue weighted by atomic mass is 10.1. The van der Waals surface area contributed by atoms with Gasteiger partial charge in [-0.05, 0) is 68.6 Å². The van der Waals surface area contributed by atoms with Crippen molar-refractivity contribution in [1.82, 2.24) is 9.80 Å². The molecule has 5 heteroatoms. The smallest absolute Gasteiger partial charge is 0.255 e. The van der Waals surface area contributed by atoms with E-state index in [1.54, 1.807) is 0 Å². The number of hydrogen-bond donors (Lipinski definition) is 1. The van der Waals surface area contributed by atoms with E-state index in [2.05, 4.69) is 10.2 Å². The summed E-state index contributed by atoms with van der Waals surface area (Å²) in [6, 6.07) is 15.2. The van der Waals surface area contributed by atoms with Gasteiger partial charge in [0.2, 0.25) is 0 Å². The highest BCUT2D eigenvalue weighted by molar-refractivity contribution is 6.09. The molecule has 4 rings (SSSR count). The molecular formula is C26H33N3O2. The van der Waals surface area contributed by atoms with Crippen LogP contribution in [0.2, 0.25) is 0 Å². The Morgan fingerprint density at radius 1 is 0.742 bits per heavy atom. The molecule has 2 aliphatic rings. The molecule has 5 nitrogen and oxygen atoms in total. The zero-order valence-corrected chi connectivity index (χ0v) is 18.3. The highest BCUT2D eigenvalue weighted by atomic mass is 16.2. The number of anilines is 1. The van der Waals surface area contributed by atoms with Gasteiger partial charge in [0.25, 0.3) is 11.8 Å². The second kappa shape index (κ2) is 10.6. The van der Waals surface area contributed by atoms with Crippen molar-refractivity contribution in [2.75, 3.05) is 31.5 Å². The maximum atomic E-state index is 13.1. The summed E-state index contributed by atoms with van der Waals surface area (Å²) in [5.74, 6) is -0.171. The van der Waals surface area contributed by atoms with Crippen LogP contribution in [0.1, 0.15) is 71.2 Å². The van der Waals surface area contributed by atoms with Crippen LogP contribution >= 0.6 is 0 Å². The summed E-state index contributed by atoms with van der Waals surface area (Å²) < 4.78 is 0. The Labute approximate surface area is 185 Å². The molecule has 2 aromatic carbocycles. The first-order chi connectivity index (χ1) is 15.2. The lowest BCUT2D eigenvalue weighted by Gasteiger charge is -2.26. The van der Waals surface area contributed by atoms with E-state index < -0.39 is 0 Å². The summed E-state index contributed by atoms with van der Waals surface area (Å²) in [5, 5.41) is 2.97. The van der Waals surface area contributed by atoms with Gasteiger partial charge in [0.1, 0.15) is 0 Å². The Balaban J connectivity index is 1.42. The van der Waals surface area contributed by atoms with Crippen LogP contribution in [-0.2, 0) is 6.54 Å². The zero-order valence-electron chi connectivity index (χ0n) is 18.3. The topological polar surface area (TPSA) is 52.7 Å². The number of carbonyl (C=O) groups is 2. The standard InChI is InChI=1S/C26H33N3O2/c30-25(22-14-12-21(13-15-22)20-28-16-6-3-7-17-28)27-24-11-5-4-10-23(24)26(31)29-18-8-1-2-9-19-29/h4-5,10-15H,1-3,6-9,16-20H2,(H,27,30). The first kappa shape index (κ1) is 21.6. The third-order valence-electron chi connectivity index (χ3n) is 6.37. The van der Waals surface area contributed by atoms with Gasteiger partial charge in [0.15, 0.2) is 0 Å². The number of benzene rings is 2. The largest absolute Gasteiger partial charge is 0.339 e. The average Bonchev–Trinajstić information content (AvgIpc) is 3.10. The fourth-order valence-corrected chi connectivity index (χ4v) is 4.55. The molecule has 2 saturated heterocycles. The number of carbonyl (C=O) groups excluding carboxylic acids is 2. The van der Waals surface area contributed by atoms with Crippen LogP contribution in [0.25, 0.3) is 0 Å². The quantitative estimate of drug-likeness (QED) is 0.747. The molecule has 0 radical (unpaired) electrons. The fraction of sp³-hybridized carbons (Fsp3) is 0.462. The second-order valence-electron chi connectivity index (χ2n) is 8.74. The van der Waals surface area contributed by atoms with Gasteiger partial charge in [0.05, 0.1) is 11.3 Å². The Kier molecular flexibility index (Phi) is 7.36. The lowest BCUT2D eigenvalue weighted by Crippen LogP contribution is -2.32. The van der Waals surface area contributed by atoms with Crippen molar-refractivity contribution in [3.63, 3.8) is 0 Å².